The first kappa shape index (κ1) is 33.1. The van der Waals surface area contributed by atoms with Crippen LogP contribution in [0.25, 0.3) is 86.9 Å². The van der Waals surface area contributed by atoms with Crippen LogP contribution in [0.2, 0.25) is 0 Å². The van der Waals surface area contributed by atoms with E-state index in [1.807, 2.05) is 0 Å². The number of hydrogen-bond donors (Lipinski definition) is 0. The van der Waals surface area contributed by atoms with E-state index in [1.165, 1.54) is 58.8 Å². The second-order valence-electron chi connectivity index (χ2n) is 14.4. The maximum absolute atomic E-state index is 6.40. The summed E-state index contributed by atoms with van der Waals surface area (Å²) in [5, 5.41) is 4.79. The van der Waals surface area contributed by atoms with Crippen LogP contribution in [0, 0.1) is 0 Å². The van der Waals surface area contributed by atoms with Gasteiger partial charge in [0.1, 0.15) is 5.52 Å². The monoisotopic (exact) mass is 746 g/mol. The van der Waals surface area contributed by atoms with Crippen molar-refractivity contribution in [2.75, 3.05) is 4.90 Å². The number of fused-ring (bicyclic) bond motifs is 5. The fraction of sp³-hybridized carbons (Fsp3) is 0. The van der Waals surface area contributed by atoms with Crippen LogP contribution in [0.15, 0.2) is 211 Å². The lowest BCUT2D eigenvalue weighted by molar-refractivity contribution is 0.620. The van der Waals surface area contributed by atoms with Crippen LogP contribution in [-0.4, -0.2) is 4.98 Å². The smallest absolute Gasteiger partial charge is 0.227 e. The normalized spacial score (nSPS) is 11.5. The summed E-state index contributed by atoms with van der Waals surface area (Å²) in [5.74, 6) is 0.645. The Hall–Kier alpha value is -7.27. The van der Waals surface area contributed by atoms with Gasteiger partial charge >= 0.3 is 0 Å². The summed E-state index contributed by atoms with van der Waals surface area (Å²) in [6.07, 6.45) is 0. The molecular weight excluding hydrogens is 713 g/mol. The molecule has 0 radical (unpaired) electrons. The third-order valence-electron chi connectivity index (χ3n) is 10.9. The molecule has 0 N–H and O–H groups in total. The van der Waals surface area contributed by atoms with Crippen LogP contribution in [0.1, 0.15) is 0 Å². The van der Waals surface area contributed by atoms with Gasteiger partial charge in [0.2, 0.25) is 5.89 Å². The Balaban J connectivity index is 0.937. The predicted octanol–water partition coefficient (Wildman–Crippen LogP) is 15.5. The van der Waals surface area contributed by atoms with Crippen LogP contribution in [-0.2, 0) is 0 Å². The van der Waals surface area contributed by atoms with Crippen LogP contribution in [0.3, 0.4) is 0 Å². The van der Waals surface area contributed by atoms with Crippen LogP contribution in [0.5, 0.6) is 0 Å². The summed E-state index contributed by atoms with van der Waals surface area (Å²) < 4.78 is 8.85. The number of oxazole rings is 1. The van der Waals surface area contributed by atoms with E-state index in [2.05, 4.69) is 211 Å². The minimum absolute atomic E-state index is 0.645. The van der Waals surface area contributed by atoms with Crippen LogP contribution >= 0.6 is 11.3 Å². The highest BCUT2D eigenvalue weighted by molar-refractivity contribution is 7.25. The topological polar surface area (TPSA) is 29.3 Å². The van der Waals surface area contributed by atoms with Gasteiger partial charge in [-0.15, -0.1) is 11.3 Å². The van der Waals surface area contributed by atoms with Crippen molar-refractivity contribution in [2.45, 2.75) is 0 Å². The molecule has 0 saturated carbocycles. The highest BCUT2D eigenvalue weighted by atomic mass is 32.1. The van der Waals surface area contributed by atoms with Gasteiger partial charge in [0.05, 0.1) is 0 Å². The van der Waals surface area contributed by atoms with Crippen molar-refractivity contribution in [2.24, 2.45) is 0 Å². The summed E-state index contributed by atoms with van der Waals surface area (Å²) in [6, 6.07) is 73.6. The van der Waals surface area contributed by atoms with Crippen LogP contribution in [0.4, 0.5) is 17.1 Å². The number of anilines is 3. The zero-order valence-electron chi connectivity index (χ0n) is 30.8. The van der Waals surface area contributed by atoms with Crippen LogP contribution < -0.4 is 4.90 Å². The predicted molar refractivity (Wildman–Crippen MR) is 241 cm³/mol. The Bertz CT molecular complexity index is 3120. The molecular formula is C53H34N2OS. The van der Waals surface area contributed by atoms with Gasteiger partial charge in [-0.05, 0) is 117 Å². The molecule has 0 atom stereocenters. The molecule has 4 heteroatoms. The van der Waals surface area contributed by atoms with E-state index in [1.54, 1.807) is 11.3 Å². The average molecular weight is 747 g/mol. The van der Waals surface area contributed by atoms with E-state index in [4.69, 9.17) is 9.40 Å². The fourth-order valence-corrected chi connectivity index (χ4v) is 9.04. The van der Waals surface area contributed by atoms with Crippen molar-refractivity contribution in [1.82, 2.24) is 4.98 Å². The fourth-order valence-electron chi connectivity index (χ4n) is 7.94. The molecule has 0 bridgehead atoms. The van der Waals surface area contributed by atoms with Gasteiger partial charge in [-0.25, -0.2) is 4.98 Å². The number of aromatic nitrogens is 1. The molecule has 9 aromatic carbocycles. The minimum atomic E-state index is 0.645. The lowest BCUT2D eigenvalue weighted by atomic mass is 10.0. The average Bonchev–Trinajstić information content (AvgIpc) is 3.87. The molecule has 0 amide bonds. The summed E-state index contributed by atoms with van der Waals surface area (Å²) in [5.41, 5.74) is 13.1. The van der Waals surface area contributed by atoms with Gasteiger partial charge < -0.3 is 9.32 Å². The maximum atomic E-state index is 6.40. The Morgan fingerprint density at radius 2 is 0.860 bits per heavy atom. The summed E-state index contributed by atoms with van der Waals surface area (Å²) in [4.78, 5) is 7.24. The molecule has 11 rings (SSSR count). The molecule has 11 aromatic rings. The molecule has 57 heavy (non-hydrogen) atoms. The van der Waals surface area contributed by atoms with E-state index in [-0.39, 0.29) is 0 Å². The quantitative estimate of drug-likeness (QED) is 0.163. The molecule has 3 nitrogen and oxygen atoms in total. The number of rotatable bonds is 7. The molecule has 2 aromatic heterocycles. The molecule has 0 fully saturated rings. The number of hydrogen-bond acceptors (Lipinski definition) is 4. The molecule has 0 aliphatic rings. The Morgan fingerprint density at radius 1 is 0.368 bits per heavy atom. The molecule has 2 heterocycles. The highest BCUT2D eigenvalue weighted by Crippen LogP contribution is 2.41. The summed E-state index contributed by atoms with van der Waals surface area (Å²) >= 11 is 1.80. The zero-order valence-corrected chi connectivity index (χ0v) is 31.7. The Morgan fingerprint density at radius 3 is 1.47 bits per heavy atom. The van der Waals surface area contributed by atoms with E-state index >= 15 is 0 Å². The molecule has 0 unspecified atom stereocenters. The van der Waals surface area contributed by atoms with Gasteiger partial charge in [-0.2, -0.15) is 0 Å². The number of nitrogens with zero attached hydrogens (tertiary/aromatic N) is 2. The second-order valence-corrected chi connectivity index (χ2v) is 15.5. The van der Waals surface area contributed by atoms with E-state index in [0.29, 0.717) is 5.89 Å². The van der Waals surface area contributed by atoms with E-state index < -0.39 is 0 Å². The lowest BCUT2D eigenvalue weighted by Crippen LogP contribution is -2.09. The maximum Gasteiger partial charge on any atom is 0.227 e. The standard InChI is InChI=1S/C53H34N2OS/c1-3-9-35(10-4-1)38-17-24-44(25-18-38)55(45-26-19-39(20-27-45)36-11-5-2-6-12-36)46-28-21-40(22-29-46)42-23-30-51-47(32-42)48-33-50-49(34-52(48)57-51)54-53(56-50)43-16-15-37-13-7-8-14-41(37)31-43/h1-34H. The van der Waals surface area contributed by atoms with Gasteiger partial charge in [0.25, 0.3) is 0 Å². The van der Waals surface area contributed by atoms with E-state index in [0.717, 1.165) is 39.3 Å². The first-order valence-electron chi connectivity index (χ1n) is 19.2. The van der Waals surface area contributed by atoms with Crippen molar-refractivity contribution in [3.63, 3.8) is 0 Å². The Kier molecular flexibility index (Phi) is 8.01. The lowest BCUT2D eigenvalue weighted by Gasteiger charge is -2.26. The largest absolute Gasteiger partial charge is 0.436 e. The molecule has 0 spiro atoms. The van der Waals surface area contributed by atoms with Gasteiger partial charge in [0, 0.05) is 42.8 Å². The second kappa shape index (κ2) is 13.8. The molecule has 0 aliphatic carbocycles. The van der Waals surface area contributed by atoms with Gasteiger partial charge in [-0.1, -0.05) is 133 Å². The van der Waals surface area contributed by atoms with Gasteiger partial charge in [0.15, 0.2) is 5.58 Å². The van der Waals surface area contributed by atoms with Crippen molar-refractivity contribution in [3.8, 4) is 44.8 Å². The Labute approximate surface area is 334 Å². The highest BCUT2D eigenvalue weighted by Gasteiger charge is 2.16. The summed E-state index contributed by atoms with van der Waals surface area (Å²) in [6.45, 7) is 0. The van der Waals surface area contributed by atoms with Crippen molar-refractivity contribution in [1.29, 1.82) is 0 Å². The van der Waals surface area contributed by atoms with Crippen molar-refractivity contribution < 1.29 is 4.42 Å². The SMILES string of the molecule is c1ccc(-c2ccc(N(c3ccc(-c4ccccc4)cc3)c3ccc(-c4ccc5sc6cc7nc(-c8ccc9ccccc9c8)oc7cc6c5c4)cc3)cc2)cc1. The number of thiophene rings is 1. The van der Waals surface area contributed by atoms with E-state index in [9.17, 15) is 0 Å². The third-order valence-corrected chi connectivity index (χ3v) is 12.0. The first-order valence-corrected chi connectivity index (χ1v) is 20.0. The molecule has 0 aliphatic heterocycles. The number of benzene rings is 9. The minimum Gasteiger partial charge on any atom is -0.436 e. The first-order chi connectivity index (χ1) is 28.2. The van der Waals surface area contributed by atoms with Crippen molar-refractivity contribution in [3.05, 3.63) is 206 Å². The zero-order chi connectivity index (χ0) is 37.7. The molecule has 0 saturated heterocycles. The third kappa shape index (κ3) is 6.13. The molecule has 268 valence electrons. The summed E-state index contributed by atoms with van der Waals surface area (Å²) in [7, 11) is 0. The van der Waals surface area contributed by atoms with Crippen molar-refractivity contribution >= 4 is 70.4 Å². The van der Waals surface area contributed by atoms with Gasteiger partial charge in [-0.3, -0.25) is 0 Å².